The maximum Gasteiger partial charge on any atom is 0.130 e. The van der Waals surface area contributed by atoms with Gasteiger partial charge in [-0.1, -0.05) is 6.07 Å². The van der Waals surface area contributed by atoms with Crippen LogP contribution >= 0.6 is 0 Å². The maximum atomic E-state index is 5.98. The largest absolute Gasteiger partial charge is 0.383 e. The number of nitrogen functional groups attached to an aromatic ring is 1. The lowest BCUT2D eigenvalue weighted by molar-refractivity contribution is 0.779. The van der Waals surface area contributed by atoms with Crippen LogP contribution in [0.1, 0.15) is 24.3 Å². The van der Waals surface area contributed by atoms with E-state index in [1.165, 1.54) is 18.4 Å². The number of aryl methyl sites for hydroxylation is 1. The summed E-state index contributed by atoms with van der Waals surface area (Å²) in [6, 6.07) is 8.23. The van der Waals surface area contributed by atoms with Gasteiger partial charge in [0, 0.05) is 25.0 Å². The number of anilines is 1. The number of pyridine rings is 2. The van der Waals surface area contributed by atoms with E-state index in [1.807, 2.05) is 31.6 Å². The zero-order chi connectivity index (χ0) is 15.1. The van der Waals surface area contributed by atoms with E-state index in [2.05, 4.69) is 27.2 Å². The summed E-state index contributed by atoms with van der Waals surface area (Å²) in [5.74, 6) is 1.35. The smallest absolute Gasteiger partial charge is 0.130 e. The van der Waals surface area contributed by atoms with Crippen molar-refractivity contribution in [2.75, 3.05) is 5.73 Å². The van der Waals surface area contributed by atoms with Crippen LogP contribution in [0.2, 0.25) is 0 Å². The van der Waals surface area contributed by atoms with Crippen molar-refractivity contribution in [3.8, 4) is 22.5 Å². The Kier molecular flexibility index (Phi) is 2.92. The van der Waals surface area contributed by atoms with E-state index in [1.54, 1.807) is 10.9 Å². The molecule has 0 aliphatic heterocycles. The second-order valence-corrected chi connectivity index (χ2v) is 5.75. The van der Waals surface area contributed by atoms with Gasteiger partial charge < -0.3 is 5.73 Å². The molecule has 5 nitrogen and oxygen atoms in total. The van der Waals surface area contributed by atoms with Gasteiger partial charge in [0.25, 0.3) is 0 Å². The molecule has 0 aromatic carbocycles. The van der Waals surface area contributed by atoms with Crippen molar-refractivity contribution >= 4 is 5.82 Å². The molecule has 0 spiro atoms. The Morgan fingerprint density at radius 1 is 1.00 bits per heavy atom. The first-order valence-corrected chi connectivity index (χ1v) is 7.42. The van der Waals surface area contributed by atoms with Gasteiger partial charge in [-0.2, -0.15) is 5.10 Å². The zero-order valence-corrected chi connectivity index (χ0v) is 12.4. The molecule has 22 heavy (non-hydrogen) atoms. The fraction of sp³-hybridized carbons (Fsp3) is 0.235. The Morgan fingerprint density at radius 2 is 1.77 bits per heavy atom. The Balaban J connectivity index is 1.62. The molecule has 0 amide bonds. The second-order valence-electron chi connectivity index (χ2n) is 5.75. The molecule has 2 N–H and O–H groups in total. The second kappa shape index (κ2) is 4.94. The third kappa shape index (κ3) is 2.24. The first-order valence-electron chi connectivity index (χ1n) is 7.42. The van der Waals surface area contributed by atoms with Gasteiger partial charge in [0.1, 0.15) is 5.82 Å². The van der Waals surface area contributed by atoms with Crippen molar-refractivity contribution < 1.29 is 0 Å². The number of nitrogens with two attached hydrogens (primary N) is 1. The fourth-order valence-electron chi connectivity index (χ4n) is 2.58. The summed E-state index contributed by atoms with van der Waals surface area (Å²) >= 11 is 0. The molecule has 0 saturated heterocycles. The van der Waals surface area contributed by atoms with Crippen molar-refractivity contribution in [1.29, 1.82) is 0 Å². The van der Waals surface area contributed by atoms with Gasteiger partial charge in [-0.3, -0.25) is 14.6 Å². The third-order valence-electron chi connectivity index (χ3n) is 4.15. The van der Waals surface area contributed by atoms with Gasteiger partial charge in [0.2, 0.25) is 0 Å². The van der Waals surface area contributed by atoms with Gasteiger partial charge in [-0.25, -0.2) is 0 Å². The molecule has 3 aromatic heterocycles. The quantitative estimate of drug-likeness (QED) is 0.805. The van der Waals surface area contributed by atoms with E-state index in [0.29, 0.717) is 5.82 Å². The lowest BCUT2D eigenvalue weighted by Gasteiger charge is -2.04. The molecule has 1 aliphatic carbocycles. The summed E-state index contributed by atoms with van der Waals surface area (Å²) in [5, 5.41) is 4.14. The van der Waals surface area contributed by atoms with Gasteiger partial charge in [-0.15, -0.1) is 0 Å². The SMILES string of the molecule is Cn1ncc(-c2ccc(-c3ccc(C4CC4)cn3)cn2)c1N. The van der Waals surface area contributed by atoms with Crippen LogP contribution in [0.3, 0.4) is 0 Å². The number of hydrogen-bond acceptors (Lipinski definition) is 4. The highest BCUT2D eigenvalue weighted by atomic mass is 15.3. The average molecular weight is 291 g/mol. The molecule has 1 aliphatic rings. The molecule has 0 radical (unpaired) electrons. The molecule has 5 heteroatoms. The normalized spacial score (nSPS) is 14.2. The number of nitrogens with zero attached hydrogens (tertiary/aromatic N) is 4. The molecule has 3 heterocycles. The van der Waals surface area contributed by atoms with Crippen molar-refractivity contribution in [2.45, 2.75) is 18.8 Å². The summed E-state index contributed by atoms with van der Waals surface area (Å²) in [6.07, 6.45) is 8.15. The average Bonchev–Trinajstić information content (AvgIpc) is 3.35. The van der Waals surface area contributed by atoms with Crippen molar-refractivity contribution in [3.63, 3.8) is 0 Å². The molecule has 1 saturated carbocycles. The molecular weight excluding hydrogens is 274 g/mol. The minimum absolute atomic E-state index is 0.618. The predicted octanol–water partition coefficient (Wildman–Crippen LogP) is 3.00. The highest BCUT2D eigenvalue weighted by Gasteiger charge is 2.23. The standard InChI is InChI=1S/C17H17N5/c1-22-17(18)14(10-21-22)16-7-5-13(9-20-16)15-6-4-12(8-19-15)11-2-3-11/h4-11H,2-3,18H2,1H3. The topological polar surface area (TPSA) is 69.6 Å². The van der Waals surface area contributed by atoms with E-state index in [4.69, 9.17) is 5.73 Å². The molecule has 3 aromatic rings. The van der Waals surface area contributed by atoms with Crippen molar-refractivity contribution in [2.24, 2.45) is 7.05 Å². The van der Waals surface area contributed by atoms with Gasteiger partial charge in [0.05, 0.1) is 23.1 Å². The van der Waals surface area contributed by atoms with Gasteiger partial charge in [0.15, 0.2) is 0 Å². The van der Waals surface area contributed by atoms with Crippen LogP contribution in [0.25, 0.3) is 22.5 Å². The van der Waals surface area contributed by atoms with Crippen LogP contribution in [0.4, 0.5) is 5.82 Å². The summed E-state index contributed by atoms with van der Waals surface area (Å²) in [6.45, 7) is 0. The van der Waals surface area contributed by atoms with E-state index in [9.17, 15) is 0 Å². The van der Waals surface area contributed by atoms with Gasteiger partial charge >= 0.3 is 0 Å². The molecule has 0 unspecified atom stereocenters. The Hall–Kier alpha value is -2.69. The van der Waals surface area contributed by atoms with E-state index in [-0.39, 0.29) is 0 Å². The molecule has 0 atom stereocenters. The summed E-state index contributed by atoms with van der Waals surface area (Å²) in [5.41, 5.74) is 11.0. The molecular formula is C17H17N5. The lowest BCUT2D eigenvalue weighted by atomic mass is 10.1. The Labute approximate surface area is 128 Å². The first kappa shape index (κ1) is 13.0. The van der Waals surface area contributed by atoms with Crippen LogP contribution in [0, 0.1) is 0 Å². The summed E-state index contributed by atoms with van der Waals surface area (Å²) in [4.78, 5) is 9.05. The Bertz CT molecular complexity index is 798. The van der Waals surface area contributed by atoms with Crippen molar-refractivity contribution in [3.05, 3.63) is 48.4 Å². The fourth-order valence-corrected chi connectivity index (χ4v) is 2.58. The van der Waals surface area contributed by atoms with Crippen LogP contribution in [-0.2, 0) is 7.05 Å². The van der Waals surface area contributed by atoms with E-state index < -0.39 is 0 Å². The highest BCUT2D eigenvalue weighted by molar-refractivity contribution is 5.72. The molecule has 110 valence electrons. The lowest BCUT2D eigenvalue weighted by Crippen LogP contribution is -1.98. The first-order chi connectivity index (χ1) is 10.7. The molecule has 4 rings (SSSR count). The van der Waals surface area contributed by atoms with Crippen LogP contribution in [-0.4, -0.2) is 19.7 Å². The van der Waals surface area contributed by atoms with Crippen molar-refractivity contribution in [1.82, 2.24) is 19.7 Å². The van der Waals surface area contributed by atoms with Crippen LogP contribution in [0.15, 0.2) is 42.9 Å². The third-order valence-corrected chi connectivity index (χ3v) is 4.15. The monoisotopic (exact) mass is 291 g/mol. The van der Waals surface area contributed by atoms with Crippen LogP contribution in [0.5, 0.6) is 0 Å². The van der Waals surface area contributed by atoms with Crippen LogP contribution < -0.4 is 5.73 Å². The zero-order valence-electron chi connectivity index (χ0n) is 12.4. The highest BCUT2D eigenvalue weighted by Crippen LogP contribution is 2.39. The number of hydrogen-bond donors (Lipinski definition) is 1. The number of rotatable bonds is 3. The Morgan fingerprint density at radius 3 is 2.32 bits per heavy atom. The summed E-state index contributed by atoms with van der Waals surface area (Å²) < 4.78 is 1.64. The number of aromatic nitrogens is 4. The molecule has 1 fully saturated rings. The molecule has 0 bridgehead atoms. The van der Waals surface area contributed by atoms with Gasteiger partial charge in [-0.05, 0) is 42.5 Å². The maximum absolute atomic E-state index is 5.98. The van der Waals surface area contributed by atoms with E-state index >= 15 is 0 Å². The minimum atomic E-state index is 0.618. The summed E-state index contributed by atoms with van der Waals surface area (Å²) in [7, 11) is 1.82. The predicted molar refractivity (Wildman–Crippen MR) is 86.1 cm³/mol. The van der Waals surface area contributed by atoms with E-state index in [0.717, 1.165) is 28.4 Å². The minimum Gasteiger partial charge on any atom is -0.383 e.